The van der Waals surface area contributed by atoms with Crippen molar-refractivity contribution in [3.63, 3.8) is 0 Å². The zero-order valence-corrected chi connectivity index (χ0v) is 12.9. The first-order valence-corrected chi connectivity index (χ1v) is 8.34. The van der Waals surface area contributed by atoms with E-state index in [1.165, 1.54) is 5.56 Å². The zero-order chi connectivity index (χ0) is 15.7. The van der Waals surface area contributed by atoms with E-state index in [4.69, 9.17) is 0 Å². The fourth-order valence-corrected chi connectivity index (χ4v) is 5.02. The Morgan fingerprint density at radius 1 is 1.22 bits per heavy atom. The van der Waals surface area contributed by atoms with Gasteiger partial charge < -0.3 is 0 Å². The minimum atomic E-state index is -0.189. The molecule has 2 aromatic rings. The average molecular weight is 306 g/mol. The topological polar surface area (TPSA) is 63.6 Å². The molecule has 2 heterocycles. The number of hydrogen-bond donors (Lipinski definition) is 0. The minimum absolute atomic E-state index is 0.0137. The molecule has 2 bridgehead atoms. The maximum absolute atomic E-state index is 13.0. The monoisotopic (exact) mass is 306 g/mol. The molecule has 0 radical (unpaired) electrons. The number of nitrogens with zero attached hydrogens (tertiary/aromatic N) is 4. The second-order valence-electron chi connectivity index (χ2n) is 7.42. The van der Waals surface area contributed by atoms with Crippen molar-refractivity contribution in [3.8, 4) is 6.07 Å². The lowest BCUT2D eigenvalue weighted by atomic mass is 9.66. The van der Waals surface area contributed by atoms with Gasteiger partial charge in [0.1, 0.15) is 5.82 Å². The van der Waals surface area contributed by atoms with Crippen LogP contribution in [0.15, 0.2) is 35.1 Å². The van der Waals surface area contributed by atoms with E-state index in [9.17, 15) is 10.1 Å². The van der Waals surface area contributed by atoms with E-state index in [2.05, 4.69) is 23.3 Å². The maximum Gasteiger partial charge on any atom is 0.347 e. The van der Waals surface area contributed by atoms with Crippen molar-refractivity contribution >= 4 is 0 Å². The molecular weight excluding hydrogens is 288 g/mol. The first kappa shape index (κ1) is 13.1. The molecule has 4 aliphatic rings. The normalized spacial score (nSPS) is 34.0. The van der Waals surface area contributed by atoms with Gasteiger partial charge in [0.05, 0.1) is 23.1 Å². The first-order valence-electron chi connectivity index (χ1n) is 8.34. The fourth-order valence-electron chi connectivity index (χ4n) is 5.02. The number of rotatable bonds is 2. The summed E-state index contributed by atoms with van der Waals surface area (Å²) >= 11 is 0. The van der Waals surface area contributed by atoms with Crippen LogP contribution in [0.5, 0.6) is 0 Å². The van der Waals surface area contributed by atoms with Gasteiger partial charge in [0, 0.05) is 6.42 Å². The van der Waals surface area contributed by atoms with E-state index in [0.29, 0.717) is 0 Å². The van der Waals surface area contributed by atoms with E-state index in [0.717, 1.165) is 44.3 Å². The summed E-state index contributed by atoms with van der Waals surface area (Å²) in [5.74, 6) is 0.902. The Morgan fingerprint density at radius 2 is 2.00 bits per heavy atom. The Kier molecular flexibility index (Phi) is 2.36. The molecular formula is C18H18N4O. The standard InChI is InChI=1S/C18H18N4O/c19-12-17-8-9-18(10-17,11-17)22-16(23)21-14(6-7-15(21)20-22)13-4-2-1-3-5-13/h1-5,14H,6-11H2/t14-,17?,18?/m0/s1. The van der Waals surface area contributed by atoms with E-state index in [-0.39, 0.29) is 22.7 Å². The van der Waals surface area contributed by atoms with Crippen LogP contribution < -0.4 is 5.69 Å². The molecule has 3 aliphatic carbocycles. The molecule has 1 aromatic heterocycles. The van der Waals surface area contributed by atoms with Gasteiger partial charge in [0.25, 0.3) is 0 Å². The molecule has 0 unspecified atom stereocenters. The molecule has 3 fully saturated rings. The number of hydrogen-bond acceptors (Lipinski definition) is 3. The molecule has 5 nitrogen and oxygen atoms in total. The van der Waals surface area contributed by atoms with Crippen LogP contribution in [0.4, 0.5) is 0 Å². The smallest absolute Gasteiger partial charge is 0.271 e. The Bertz CT molecular complexity index is 880. The third-order valence-corrected chi connectivity index (χ3v) is 6.11. The van der Waals surface area contributed by atoms with Crippen LogP contribution in [-0.4, -0.2) is 14.3 Å². The van der Waals surface area contributed by atoms with Crippen LogP contribution in [0.2, 0.25) is 0 Å². The third-order valence-electron chi connectivity index (χ3n) is 6.11. The predicted molar refractivity (Wildman–Crippen MR) is 83.9 cm³/mol. The molecule has 116 valence electrons. The van der Waals surface area contributed by atoms with Crippen molar-refractivity contribution in [2.75, 3.05) is 0 Å². The van der Waals surface area contributed by atoms with Crippen molar-refractivity contribution in [3.05, 3.63) is 52.2 Å². The molecule has 1 aromatic carbocycles. The van der Waals surface area contributed by atoms with Gasteiger partial charge in [-0.3, -0.25) is 4.57 Å². The van der Waals surface area contributed by atoms with Crippen molar-refractivity contribution in [1.82, 2.24) is 14.3 Å². The summed E-state index contributed by atoms with van der Waals surface area (Å²) in [7, 11) is 0. The number of nitriles is 1. The number of fused-ring (bicyclic) bond motifs is 2. The summed E-state index contributed by atoms with van der Waals surface area (Å²) in [6, 6.07) is 12.8. The Labute approximate surface area is 134 Å². The largest absolute Gasteiger partial charge is 0.347 e. The summed E-state index contributed by atoms with van der Waals surface area (Å²) in [6.07, 6.45) is 5.19. The predicted octanol–water partition coefficient (Wildman–Crippen LogP) is 2.37. The van der Waals surface area contributed by atoms with Crippen molar-refractivity contribution in [2.24, 2.45) is 5.41 Å². The average Bonchev–Trinajstić information content (AvgIpc) is 3.27. The van der Waals surface area contributed by atoms with Crippen LogP contribution >= 0.6 is 0 Å². The Morgan fingerprint density at radius 3 is 2.70 bits per heavy atom. The number of aryl methyl sites for hydroxylation is 1. The van der Waals surface area contributed by atoms with Gasteiger partial charge in [0.2, 0.25) is 0 Å². The quantitative estimate of drug-likeness (QED) is 0.855. The van der Waals surface area contributed by atoms with Gasteiger partial charge in [-0.05, 0) is 37.7 Å². The van der Waals surface area contributed by atoms with Crippen LogP contribution in [0.1, 0.15) is 49.5 Å². The van der Waals surface area contributed by atoms with Crippen LogP contribution in [0, 0.1) is 16.7 Å². The van der Waals surface area contributed by atoms with E-state index in [1.54, 1.807) is 4.68 Å². The van der Waals surface area contributed by atoms with Gasteiger partial charge in [-0.1, -0.05) is 30.3 Å². The van der Waals surface area contributed by atoms with E-state index >= 15 is 0 Å². The first-order chi connectivity index (χ1) is 11.2. The second kappa shape index (κ2) is 4.14. The summed E-state index contributed by atoms with van der Waals surface area (Å²) < 4.78 is 3.61. The summed E-state index contributed by atoms with van der Waals surface area (Å²) in [6.45, 7) is 0. The molecule has 0 spiro atoms. The molecule has 23 heavy (non-hydrogen) atoms. The highest BCUT2D eigenvalue weighted by Crippen LogP contribution is 2.64. The fraction of sp³-hybridized carbons (Fsp3) is 0.500. The zero-order valence-electron chi connectivity index (χ0n) is 12.9. The van der Waals surface area contributed by atoms with Crippen molar-refractivity contribution in [1.29, 1.82) is 5.26 Å². The van der Waals surface area contributed by atoms with Gasteiger partial charge in [-0.2, -0.15) is 10.4 Å². The number of aromatic nitrogens is 3. The summed E-state index contributed by atoms with van der Waals surface area (Å²) in [4.78, 5) is 13.0. The lowest BCUT2D eigenvalue weighted by Gasteiger charge is -2.42. The molecule has 0 amide bonds. The van der Waals surface area contributed by atoms with E-state index < -0.39 is 0 Å². The lowest BCUT2D eigenvalue weighted by molar-refractivity contribution is 0.0828. The highest BCUT2D eigenvalue weighted by Gasteiger charge is 2.64. The Hall–Kier alpha value is -2.35. The summed E-state index contributed by atoms with van der Waals surface area (Å²) in [5.41, 5.74) is 0.814. The third kappa shape index (κ3) is 1.56. The molecule has 1 atom stereocenters. The van der Waals surface area contributed by atoms with Crippen LogP contribution in [0.25, 0.3) is 0 Å². The SMILES string of the molecule is N#CC12CCC(n3nc4n(c3=O)[C@H](c3ccccc3)CC4)(C1)C2. The number of benzene rings is 1. The highest BCUT2D eigenvalue weighted by molar-refractivity contribution is 5.25. The molecule has 6 rings (SSSR count). The van der Waals surface area contributed by atoms with Crippen LogP contribution in [0.3, 0.4) is 0 Å². The second-order valence-corrected chi connectivity index (χ2v) is 7.42. The van der Waals surface area contributed by atoms with Crippen LogP contribution in [-0.2, 0) is 12.0 Å². The molecule has 5 heteroatoms. The van der Waals surface area contributed by atoms with Gasteiger partial charge >= 0.3 is 5.69 Å². The molecule has 0 N–H and O–H groups in total. The molecule has 0 saturated heterocycles. The summed E-state index contributed by atoms with van der Waals surface area (Å²) in [5, 5.41) is 14.0. The maximum atomic E-state index is 13.0. The van der Waals surface area contributed by atoms with Crippen molar-refractivity contribution < 1.29 is 0 Å². The van der Waals surface area contributed by atoms with Gasteiger partial charge in [0.15, 0.2) is 0 Å². The van der Waals surface area contributed by atoms with Crippen molar-refractivity contribution in [2.45, 2.75) is 50.1 Å². The minimum Gasteiger partial charge on any atom is -0.271 e. The Balaban J connectivity index is 1.57. The lowest BCUT2D eigenvalue weighted by Crippen LogP contribution is -2.50. The highest BCUT2D eigenvalue weighted by atomic mass is 16.2. The van der Waals surface area contributed by atoms with E-state index in [1.807, 2.05) is 22.8 Å². The van der Waals surface area contributed by atoms with Gasteiger partial charge in [-0.15, -0.1) is 0 Å². The molecule has 3 saturated carbocycles. The van der Waals surface area contributed by atoms with Gasteiger partial charge in [-0.25, -0.2) is 9.48 Å². The molecule has 1 aliphatic heterocycles.